The lowest BCUT2D eigenvalue weighted by Gasteiger charge is -2.20. The molecule has 2 rings (SSSR count). The summed E-state index contributed by atoms with van der Waals surface area (Å²) in [5, 5.41) is 8.93. The van der Waals surface area contributed by atoms with Crippen LogP contribution in [-0.4, -0.2) is 17.5 Å². The molecule has 0 bridgehead atoms. The second-order valence-corrected chi connectivity index (χ2v) is 4.15. The Morgan fingerprint density at radius 3 is 2.33 bits per heavy atom. The number of hydrogen-bond donors (Lipinski definition) is 1. The number of aliphatic hydroxyl groups excluding tert-OH is 1. The highest BCUT2D eigenvalue weighted by atomic mass is 16.7. The highest BCUT2D eigenvalue weighted by molar-refractivity contribution is 4.77. The Kier molecular flexibility index (Phi) is 2.66. The van der Waals surface area contributed by atoms with Gasteiger partial charge in [0.25, 0.3) is 0 Å². The molecule has 12 heavy (non-hydrogen) atoms. The molecule has 0 spiro atoms. The molecular formula is C10H18O2. The molecule has 1 heterocycles. The zero-order chi connectivity index (χ0) is 8.39. The van der Waals surface area contributed by atoms with Crippen LogP contribution in [0.5, 0.6) is 0 Å². The second-order valence-electron chi connectivity index (χ2n) is 4.15. The van der Waals surface area contributed by atoms with E-state index in [1.807, 2.05) is 0 Å². The third-order valence-electron chi connectivity index (χ3n) is 3.14. The molecule has 70 valence electrons. The third-order valence-corrected chi connectivity index (χ3v) is 3.14. The van der Waals surface area contributed by atoms with Gasteiger partial charge in [0.1, 0.15) is 6.10 Å². The van der Waals surface area contributed by atoms with Gasteiger partial charge in [-0.3, -0.25) is 0 Å². The molecule has 2 atom stereocenters. The van der Waals surface area contributed by atoms with Crippen LogP contribution in [-0.2, 0) is 4.74 Å². The SMILES string of the molecule is O[C@@H]1OC1CCC1CCCCC1. The standard InChI is InChI=1S/C10H18O2/c11-10-9(12-10)7-6-8-4-2-1-3-5-8/h8-11H,1-7H2/t9?,10-/m1/s1. The van der Waals surface area contributed by atoms with Crippen LogP contribution in [0.1, 0.15) is 44.9 Å². The molecule has 0 aromatic carbocycles. The van der Waals surface area contributed by atoms with Crippen molar-refractivity contribution in [2.24, 2.45) is 5.92 Å². The molecule has 0 amide bonds. The van der Waals surface area contributed by atoms with Crippen molar-refractivity contribution in [1.29, 1.82) is 0 Å². The first kappa shape index (κ1) is 8.52. The topological polar surface area (TPSA) is 32.8 Å². The summed E-state index contributed by atoms with van der Waals surface area (Å²) in [5.41, 5.74) is 0. The van der Waals surface area contributed by atoms with Gasteiger partial charge in [0.05, 0.1) is 0 Å². The molecule has 1 saturated carbocycles. The Morgan fingerprint density at radius 2 is 1.75 bits per heavy atom. The normalized spacial score (nSPS) is 36.8. The lowest BCUT2D eigenvalue weighted by molar-refractivity contribution is 0.156. The highest BCUT2D eigenvalue weighted by Gasteiger charge is 2.36. The van der Waals surface area contributed by atoms with E-state index in [0.717, 1.165) is 12.3 Å². The first-order valence-electron chi connectivity index (χ1n) is 5.20. The van der Waals surface area contributed by atoms with Gasteiger partial charge in [0.15, 0.2) is 6.29 Å². The van der Waals surface area contributed by atoms with E-state index in [-0.39, 0.29) is 6.10 Å². The highest BCUT2D eigenvalue weighted by Crippen LogP contribution is 2.31. The third kappa shape index (κ3) is 2.20. The molecule has 1 saturated heterocycles. The van der Waals surface area contributed by atoms with Crippen LogP contribution in [0.15, 0.2) is 0 Å². The van der Waals surface area contributed by atoms with Crippen LogP contribution in [0.4, 0.5) is 0 Å². The Labute approximate surface area is 73.9 Å². The Morgan fingerprint density at radius 1 is 1.08 bits per heavy atom. The molecule has 2 nitrogen and oxygen atoms in total. The van der Waals surface area contributed by atoms with E-state index in [1.54, 1.807) is 0 Å². The van der Waals surface area contributed by atoms with Crippen molar-refractivity contribution >= 4 is 0 Å². The lowest BCUT2D eigenvalue weighted by atomic mass is 9.86. The van der Waals surface area contributed by atoms with Gasteiger partial charge in [0.2, 0.25) is 0 Å². The van der Waals surface area contributed by atoms with Crippen LogP contribution in [0.3, 0.4) is 0 Å². The van der Waals surface area contributed by atoms with E-state index in [0.29, 0.717) is 0 Å². The largest absolute Gasteiger partial charge is 0.366 e. The Balaban J connectivity index is 1.59. The maximum absolute atomic E-state index is 8.93. The molecular weight excluding hydrogens is 152 g/mol. The van der Waals surface area contributed by atoms with Gasteiger partial charge in [-0.25, -0.2) is 0 Å². The van der Waals surface area contributed by atoms with Crippen molar-refractivity contribution in [3.63, 3.8) is 0 Å². The average molecular weight is 170 g/mol. The van der Waals surface area contributed by atoms with E-state index in [1.165, 1.54) is 38.5 Å². The summed E-state index contributed by atoms with van der Waals surface area (Å²) in [6.07, 6.45) is 9.18. The van der Waals surface area contributed by atoms with E-state index < -0.39 is 6.29 Å². The fraction of sp³-hybridized carbons (Fsp3) is 1.00. The van der Waals surface area contributed by atoms with Crippen molar-refractivity contribution in [3.05, 3.63) is 0 Å². The van der Waals surface area contributed by atoms with Gasteiger partial charge in [-0.2, -0.15) is 0 Å². The summed E-state index contributed by atoms with van der Waals surface area (Å²) in [5.74, 6) is 0.926. The number of epoxide rings is 1. The van der Waals surface area contributed by atoms with Gasteiger partial charge in [-0.1, -0.05) is 32.1 Å². The smallest absolute Gasteiger partial charge is 0.181 e. The molecule has 1 N–H and O–H groups in total. The van der Waals surface area contributed by atoms with Crippen LogP contribution >= 0.6 is 0 Å². The molecule has 1 aliphatic carbocycles. The molecule has 1 aliphatic heterocycles. The van der Waals surface area contributed by atoms with Gasteiger partial charge in [0, 0.05) is 0 Å². The number of ether oxygens (including phenoxy) is 1. The van der Waals surface area contributed by atoms with Crippen LogP contribution in [0.2, 0.25) is 0 Å². The molecule has 2 heteroatoms. The molecule has 0 aromatic rings. The maximum atomic E-state index is 8.93. The zero-order valence-corrected chi connectivity index (χ0v) is 7.54. The molecule has 2 fully saturated rings. The monoisotopic (exact) mass is 170 g/mol. The van der Waals surface area contributed by atoms with Gasteiger partial charge < -0.3 is 9.84 Å². The fourth-order valence-electron chi connectivity index (χ4n) is 2.22. The van der Waals surface area contributed by atoms with Crippen molar-refractivity contribution < 1.29 is 9.84 Å². The second kappa shape index (κ2) is 3.75. The van der Waals surface area contributed by atoms with E-state index >= 15 is 0 Å². The van der Waals surface area contributed by atoms with Gasteiger partial charge in [-0.05, 0) is 18.8 Å². The zero-order valence-electron chi connectivity index (χ0n) is 7.54. The van der Waals surface area contributed by atoms with Crippen molar-refractivity contribution in [3.8, 4) is 0 Å². The van der Waals surface area contributed by atoms with Gasteiger partial charge >= 0.3 is 0 Å². The molecule has 1 unspecified atom stereocenters. The summed E-state index contributed by atoms with van der Waals surface area (Å²) in [4.78, 5) is 0. The van der Waals surface area contributed by atoms with Crippen LogP contribution < -0.4 is 0 Å². The Bertz CT molecular complexity index is 141. The van der Waals surface area contributed by atoms with Crippen molar-refractivity contribution in [2.45, 2.75) is 57.3 Å². The summed E-state index contributed by atoms with van der Waals surface area (Å²) in [7, 11) is 0. The predicted molar refractivity (Wildman–Crippen MR) is 46.7 cm³/mol. The minimum atomic E-state index is -0.423. The van der Waals surface area contributed by atoms with E-state index in [4.69, 9.17) is 9.84 Å². The maximum Gasteiger partial charge on any atom is 0.181 e. The number of hydrogen-bond acceptors (Lipinski definition) is 2. The minimum Gasteiger partial charge on any atom is -0.366 e. The number of aliphatic hydroxyl groups is 1. The lowest BCUT2D eigenvalue weighted by Crippen LogP contribution is -2.07. The van der Waals surface area contributed by atoms with Crippen molar-refractivity contribution in [1.82, 2.24) is 0 Å². The summed E-state index contributed by atoms with van der Waals surface area (Å²) < 4.78 is 4.96. The first-order valence-corrected chi connectivity index (χ1v) is 5.20. The van der Waals surface area contributed by atoms with E-state index in [2.05, 4.69) is 0 Å². The summed E-state index contributed by atoms with van der Waals surface area (Å²) in [6, 6.07) is 0. The molecule has 0 radical (unpaired) electrons. The fourth-order valence-corrected chi connectivity index (χ4v) is 2.22. The van der Waals surface area contributed by atoms with E-state index in [9.17, 15) is 0 Å². The summed E-state index contributed by atoms with van der Waals surface area (Å²) in [6.45, 7) is 0. The molecule has 2 aliphatic rings. The average Bonchev–Trinajstić information content (AvgIpc) is 2.81. The van der Waals surface area contributed by atoms with Crippen molar-refractivity contribution in [2.75, 3.05) is 0 Å². The quantitative estimate of drug-likeness (QED) is 0.658. The minimum absolute atomic E-state index is 0.187. The first-order chi connectivity index (χ1) is 5.86. The molecule has 0 aromatic heterocycles. The Hall–Kier alpha value is -0.0800. The van der Waals surface area contributed by atoms with Crippen LogP contribution in [0.25, 0.3) is 0 Å². The predicted octanol–water partition coefficient (Wildman–Crippen LogP) is 2.06. The summed E-state index contributed by atoms with van der Waals surface area (Å²) >= 11 is 0. The van der Waals surface area contributed by atoms with Gasteiger partial charge in [-0.15, -0.1) is 0 Å². The number of rotatable bonds is 3. The van der Waals surface area contributed by atoms with Crippen LogP contribution in [0, 0.1) is 5.92 Å².